The van der Waals surface area contributed by atoms with Crippen molar-refractivity contribution in [3.05, 3.63) is 65.2 Å². The highest BCUT2D eigenvalue weighted by Gasteiger charge is 2.62. The van der Waals surface area contributed by atoms with Gasteiger partial charge in [-0.25, -0.2) is 0 Å². The summed E-state index contributed by atoms with van der Waals surface area (Å²) in [6.07, 6.45) is 3.26. The second-order valence-electron chi connectivity index (χ2n) is 8.61. The van der Waals surface area contributed by atoms with Gasteiger partial charge in [-0.2, -0.15) is 0 Å². The van der Waals surface area contributed by atoms with E-state index in [9.17, 15) is 14.4 Å². The summed E-state index contributed by atoms with van der Waals surface area (Å²) in [4.78, 5) is 41.3. The fourth-order valence-electron chi connectivity index (χ4n) is 5.66. The number of amides is 3. The molecule has 0 spiro atoms. The van der Waals surface area contributed by atoms with Gasteiger partial charge < -0.3 is 5.32 Å². The van der Waals surface area contributed by atoms with E-state index in [4.69, 9.17) is 11.6 Å². The van der Waals surface area contributed by atoms with Crippen LogP contribution in [0.4, 0.5) is 5.69 Å². The Balaban J connectivity index is 1.47. The summed E-state index contributed by atoms with van der Waals surface area (Å²) in [5.74, 6) is -0.665. The molecule has 6 heteroatoms. The van der Waals surface area contributed by atoms with Crippen LogP contribution in [-0.2, 0) is 20.8 Å². The summed E-state index contributed by atoms with van der Waals surface area (Å²) < 4.78 is 0. The van der Waals surface area contributed by atoms with E-state index in [0.29, 0.717) is 10.7 Å². The van der Waals surface area contributed by atoms with Crippen molar-refractivity contribution in [1.82, 2.24) is 4.90 Å². The Hall–Kier alpha value is -2.66. The van der Waals surface area contributed by atoms with Crippen molar-refractivity contribution in [2.75, 3.05) is 5.32 Å². The molecule has 0 aromatic heterocycles. The Bertz CT molecular complexity index is 981. The lowest BCUT2D eigenvalue weighted by Gasteiger charge is -2.27. The topological polar surface area (TPSA) is 66.5 Å². The van der Waals surface area contributed by atoms with Gasteiger partial charge in [0, 0.05) is 6.42 Å². The van der Waals surface area contributed by atoms with Gasteiger partial charge in [0.15, 0.2) is 0 Å². The zero-order valence-electron chi connectivity index (χ0n) is 16.5. The lowest BCUT2D eigenvalue weighted by molar-refractivity contribution is -0.147. The zero-order valence-corrected chi connectivity index (χ0v) is 17.2. The van der Waals surface area contributed by atoms with E-state index < -0.39 is 6.04 Å². The number of nitrogens with one attached hydrogen (secondary N) is 1. The Morgan fingerprint density at radius 3 is 2.20 bits per heavy atom. The molecule has 0 radical (unpaired) electrons. The van der Waals surface area contributed by atoms with Crippen molar-refractivity contribution in [2.45, 2.75) is 31.7 Å². The molecule has 5 rings (SSSR count). The molecule has 2 aliphatic carbocycles. The molecule has 30 heavy (non-hydrogen) atoms. The van der Waals surface area contributed by atoms with E-state index in [-0.39, 0.29) is 47.8 Å². The number of anilines is 1. The minimum absolute atomic E-state index is 0.174. The summed E-state index contributed by atoms with van der Waals surface area (Å²) in [6, 6.07) is 15.6. The average molecular weight is 423 g/mol. The second-order valence-corrected chi connectivity index (χ2v) is 9.01. The van der Waals surface area contributed by atoms with Crippen LogP contribution in [0.1, 0.15) is 24.8 Å². The van der Waals surface area contributed by atoms with Gasteiger partial charge in [-0.15, -0.1) is 0 Å². The van der Waals surface area contributed by atoms with Gasteiger partial charge in [0.1, 0.15) is 6.04 Å². The number of carbonyl (C=O) groups excluding carboxylic acids is 3. The third-order valence-corrected chi connectivity index (χ3v) is 7.31. The van der Waals surface area contributed by atoms with Crippen LogP contribution < -0.4 is 5.32 Å². The molecule has 3 fully saturated rings. The molecule has 5 nitrogen and oxygen atoms in total. The monoisotopic (exact) mass is 422 g/mol. The number of nitrogens with zero attached hydrogens (tertiary/aromatic N) is 1. The van der Waals surface area contributed by atoms with Crippen molar-refractivity contribution in [3.8, 4) is 0 Å². The number of carbonyl (C=O) groups is 3. The maximum Gasteiger partial charge on any atom is 0.248 e. The summed E-state index contributed by atoms with van der Waals surface area (Å²) in [6.45, 7) is 0. The number of halogens is 1. The highest BCUT2D eigenvalue weighted by Crippen LogP contribution is 2.56. The highest BCUT2D eigenvalue weighted by atomic mass is 35.5. The van der Waals surface area contributed by atoms with Crippen LogP contribution in [0.3, 0.4) is 0 Å². The van der Waals surface area contributed by atoms with Gasteiger partial charge in [0.05, 0.1) is 22.5 Å². The molecule has 2 aromatic rings. The Morgan fingerprint density at radius 1 is 0.967 bits per heavy atom. The molecule has 1 saturated heterocycles. The van der Waals surface area contributed by atoms with Crippen LogP contribution >= 0.6 is 11.6 Å². The number of benzene rings is 2. The van der Waals surface area contributed by atoms with Crippen molar-refractivity contribution < 1.29 is 14.4 Å². The third kappa shape index (κ3) is 3.12. The predicted octanol–water partition coefficient (Wildman–Crippen LogP) is 3.92. The van der Waals surface area contributed by atoms with E-state index in [2.05, 4.69) is 5.32 Å². The summed E-state index contributed by atoms with van der Waals surface area (Å²) in [7, 11) is 0. The number of rotatable bonds is 5. The van der Waals surface area contributed by atoms with Gasteiger partial charge in [-0.1, -0.05) is 54.1 Å². The number of fused-ring (bicyclic) bond motifs is 5. The first-order valence-electron chi connectivity index (χ1n) is 10.5. The van der Waals surface area contributed by atoms with Crippen molar-refractivity contribution in [2.24, 2.45) is 23.7 Å². The number of likely N-dealkylation sites (tertiary alicyclic amines) is 1. The van der Waals surface area contributed by atoms with Crippen LogP contribution in [0.2, 0.25) is 5.02 Å². The van der Waals surface area contributed by atoms with Gasteiger partial charge in [-0.3, -0.25) is 19.3 Å². The molecule has 5 atom stereocenters. The molecular formula is C24H23ClN2O3. The zero-order chi connectivity index (χ0) is 20.8. The minimum atomic E-state index is -0.895. The van der Waals surface area contributed by atoms with Crippen LogP contribution in [0.5, 0.6) is 0 Å². The molecule has 0 unspecified atom stereocenters. The minimum Gasteiger partial charge on any atom is -0.323 e. The summed E-state index contributed by atoms with van der Waals surface area (Å²) in [5, 5.41) is 3.25. The average Bonchev–Trinajstić information content (AvgIpc) is 3.43. The van der Waals surface area contributed by atoms with Gasteiger partial charge in [0.2, 0.25) is 17.7 Å². The Kier molecular flexibility index (Phi) is 4.86. The fraction of sp³-hybridized carbons (Fsp3) is 0.375. The predicted molar refractivity (Wildman–Crippen MR) is 114 cm³/mol. The molecule has 1 aliphatic heterocycles. The van der Waals surface area contributed by atoms with Crippen LogP contribution in [0.25, 0.3) is 0 Å². The maximum absolute atomic E-state index is 13.3. The summed E-state index contributed by atoms with van der Waals surface area (Å²) in [5.41, 5.74) is 1.37. The molecule has 3 amide bonds. The van der Waals surface area contributed by atoms with Gasteiger partial charge >= 0.3 is 0 Å². The first-order chi connectivity index (χ1) is 14.5. The first-order valence-corrected chi connectivity index (χ1v) is 10.9. The largest absolute Gasteiger partial charge is 0.323 e. The van der Waals surface area contributed by atoms with Crippen LogP contribution in [0, 0.1) is 23.7 Å². The lowest BCUT2D eigenvalue weighted by Crippen LogP contribution is -2.49. The van der Waals surface area contributed by atoms with E-state index in [1.807, 2.05) is 30.3 Å². The van der Waals surface area contributed by atoms with E-state index in [0.717, 1.165) is 24.8 Å². The third-order valence-electron chi connectivity index (χ3n) is 6.98. The molecule has 154 valence electrons. The molecule has 2 bridgehead atoms. The van der Waals surface area contributed by atoms with Crippen molar-refractivity contribution in [3.63, 3.8) is 0 Å². The van der Waals surface area contributed by atoms with Crippen LogP contribution in [0.15, 0.2) is 54.6 Å². The number of hydrogen-bond acceptors (Lipinski definition) is 3. The van der Waals surface area contributed by atoms with Crippen molar-refractivity contribution in [1.29, 1.82) is 0 Å². The molecule has 1 heterocycles. The summed E-state index contributed by atoms with van der Waals surface area (Å²) >= 11 is 6.21. The van der Waals surface area contributed by atoms with Gasteiger partial charge in [0.25, 0.3) is 0 Å². The highest BCUT2D eigenvalue weighted by molar-refractivity contribution is 6.33. The van der Waals surface area contributed by atoms with Crippen LogP contribution in [-0.4, -0.2) is 28.7 Å². The lowest BCUT2D eigenvalue weighted by atomic mass is 9.81. The SMILES string of the molecule is O=C(Nc1ccccc1Cl)[C@@H](Cc1ccccc1)N1C(=O)[C@H]2[C@@H]3CC[C@H](C3)[C@@H]2C1=O. The first kappa shape index (κ1) is 19.3. The van der Waals surface area contributed by atoms with Crippen molar-refractivity contribution >= 4 is 35.0 Å². The number of hydrogen-bond donors (Lipinski definition) is 1. The van der Waals surface area contributed by atoms with Gasteiger partial charge in [-0.05, 0) is 48.8 Å². The quantitative estimate of drug-likeness (QED) is 0.742. The van der Waals surface area contributed by atoms with E-state index in [1.165, 1.54) is 4.90 Å². The molecule has 2 saturated carbocycles. The molecule has 1 N–H and O–H groups in total. The smallest absolute Gasteiger partial charge is 0.248 e. The molecule has 2 aromatic carbocycles. The maximum atomic E-state index is 13.3. The Labute approximate surface area is 180 Å². The second kappa shape index (κ2) is 7.55. The van der Waals surface area contributed by atoms with E-state index in [1.54, 1.807) is 24.3 Å². The van der Waals surface area contributed by atoms with E-state index >= 15 is 0 Å². The number of para-hydroxylation sites is 1. The molecule has 3 aliphatic rings. The molecular weight excluding hydrogens is 400 g/mol. The normalized spacial score (nSPS) is 28.0. The number of imide groups is 1. The standard InChI is InChI=1S/C24H23ClN2O3/c25-17-8-4-5-9-18(17)26-22(28)19(12-14-6-2-1-3-7-14)27-23(29)20-15-10-11-16(13-15)21(20)24(27)30/h1-9,15-16,19-21H,10-13H2,(H,26,28)/t15-,16-,19-,20+,21+/m1/s1. The Morgan fingerprint density at radius 2 is 1.57 bits per heavy atom. The fourth-order valence-corrected chi connectivity index (χ4v) is 5.84.